The fourth-order valence-electron chi connectivity index (χ4n) is 2.46. The molecule has 0 aromatic rings. The number of carbonyl (C=O) groups is 1. The minimum atomic E-state index is -3.79. The molecule has 8 heteroatoms. The smallest absolute Gasteiger partial charge is 0.277 e. The molecule has 124 valence electrons. The van der Waals surface area contributed by atoms with Gasteiger partial charge in [0.1, 0.15) is 6.04 Å². The summed E-state index contributed by atoms with van der Waals surface area (Å²) in [5.41, 5.74) is 5.42. The van der Waals surface area contributed by atoms with Gasteiger partial charge >= 0.3 is 0 Å². The van der Waals surface area contributed by atoms with Crippen LogP contribution < -0.4 is 20.5 Å². The monoisotopic (exact) mass is 320 g/mol. The van der Waals surface area contributed by atoms with E-state index >= 15 is 0 Å². The summed E-state index contributed by atoms with van der Waals surface area (Å²) in [6, 6.07) is -1.30. The molecule has 1 saturated carbocycles. The summed E-state index contributed by atoms with van der Waals surface area (Å²) in [7, 11) is -2.31. The predicted octanol–water partition coefficient (Wildman–Crippen LogP) is -0.159. The summed E-state index contributed by atoms with van der Waals surface area (Å²) in [5.74, 6) is -0.360. The van der Waals surface area contributed by atoms with Crippen molar-refractivity contribution in [3.63, 3.8) is 0 Å². The third-order valence-corrected chi connectivity index (χ3v) is 4.93. The summed E-state index contributed by atoms with van der Waals surface area (Å²) in [6.07, 6.45) is 3.52. The zero-order valence-electron chi connectivity index (χ0n) is 13.3. The molecule has 1 aliphatic carbocycles. The highest BCUT2D eigenvalue weighted by Crippen LogP contribution is 2.21. The van der Waals surface area contributed by atoms with Crippen LogP contribution in [0.1, 0.15) is 46.5 Å². The molecule has 0 heterocycles. The van der Waals surface area contributed by atoms with Crippen LogP contribution in [0.5, 0.6) is 0 Å². The molecule has 1 rings (SSSR count). The van der Waals surface area contributed by atoms with E-state index in [0.29, 0.717) is 0 Å². The Kier molecular flexibility index (Phi) is 6.15. The van der Waals surface area contributed by atoms with Gasteiger partial charge in [-0.15, -0.1) is 0 Å². The Morgan fingerprint density at radius 1 is 1.24 bits per heavy atom. The van der Waals surface area contributed by atoms with Gasteiger partial charge in [0.05, 0.1) is 0 Å². The summed E-state index contributed by atoms with van der Waals surface area (Å²) < 4.78 is 29.6. The molecule has 0 unspecified atom stereocenters. The second kappa shape index (κ2) is 7.04. The van der Waals surface area contributed by atoms with Gasteiger partial charge < -0.3 is 11.1 Å². The first-order valence-electron chi connectivity index (χ1n) is 7.33. The van der Waals surface area contributed by atoms with Gasteiger partial charge in [-0.05, 0) is 18.3 Å². The van der Waals surface area contributed by atoms with Crippen LogP contribution in [0.25, 0.3) is 0 Å². The molecule has 5 N–H and O–H groups in total. The van der Waals surface area contributed by atoms with Crippen molar-refractivity contribution < 1.29 is 13.2 Å². The van der Waals surface area contributed by atoms with Gasteiger partial charge in [-0.2, -0.15) is 17.9 Å². The lowest BCUT2D eigenvalue weighted by Crippen LogP contribution is -2.59. The van der Waals surface area contributed by atoms with Crippen molar-refractivity contribution in [1.82, 2.24) is 14.8 Å². The van der Waals surface area contributed by atoms with Gasteiger partial charge in [0.2, 0.25) is 5.91 Å². The Balaban J connectivity index is 2.79. The topological polar surface area (TPSA) is 113 Å². The minimum absolute atomic E-state index is 0.177. The van der Waals surface area contributed by atoms with Crippen LogP contribution in [0.3, 0.4) is 0 Å². The molecule has 21 heavy (non-hydrogen) atoms. The molecule has 0 aromatic carbocycles. The van der Waals surface area contributed by atoms with Crippen LogP contribution in [-0.4, -0.2) is 39.5 Å². The molecule has 7 nitrogen and oxygen atoms in total. The molecular weight excluding hydrogens is 292 g/mol. The molecule has 0 aliphatic heterocycles. The molecule has 0 bridgehead atoms. The average Bonchev–Trinajstić information content (AvgIpc) is 2.36. The molecule has 0 radical (unpaired) electrons. The number of amides is 1. The second-order valence-corrected chi connectivity index (χ2v) is 8.19. The van der Waals surface area contributed by atoms with Crippen molar-refractivity contribution >= 4 is 16.1 Å². The predicted molar refractivity (Wildman–Crippen MR) is 82.7 cm³/mol. The van der Waals surface area contributed by atoms with Crippen LogP contribution in [0, 0.1) is 5.41 Å². The lowest BCUT2D eigenvalue weighted by atomic mass is 9.87. The van der Waals surface area contributed by atoms with Crippen molar-refractivity contribution in [2.24, 2.45) is 11.1 Å². The van der Waals surface area contributed by atoms with Gasteiger partial charge in [0.15, 0.2) is 0 Å². The Morgan fingerprint density at radius 3 is 2.29 bits per heavy atom. The van der Waals surface area contributed by atoms with Gasteiger partial charge in [0.25, 0.3) is 10.2 Å². The van der Waals surface area contributed by atoms with E-state index in [1.165, 1.54) is 7.05 Å². The summed E-state index contributed by atoms with van der Waals surface area (Å²) in [4.78, 5) is 11.9. The highest BCUT2D eigenvalue weighted by molar-refractivity contribution is 7.87. The highest BCUT2D eigenvalue weighted by Gasteiger charge is 2.35. The van der Waals surface area contributed by atoms with Crippen molar-refractivity contribution in [2.45, 2.75) is 64.6 Å². The van der Waals surface area contributed by atoms with Crippen molar-refractivity contribution in [2.75, 3.05) is 7.05 Å². The summed E-state index contributed by atoms with van der Waals surface area (Å²) in [5, 5.41) is 2.49. The number of hydrogen-bond acceptors (Lipinski definition) is 4. The van der Waals surface area contributed by atoms with Crippen LogP contribution in [0.2, 0.25) is 0 Å². The fraction of sp³-hybridized carbons (Fsp3) is 0.923. The maximum absolute atomic E-state index is 12.3. The largest absolute Gasteiger partial charge is 0.358 e. The lowest BCUT2D eigenvalue weighted by molar-refractivity contribution is -0.124. The van der Waals surface area contributed by atoms with E-state index in [1.54, 1.807) is 0 Å². The molecule has 0 saturated heterocycles. The Bertz CT molecular complexity index is 459. The summed E-state index contributed by atoms with van der Waals surface area (Å²) >= 11 is 0. The highest BCUT2D eigenvalue weighted by atomic mass is 32.2. The number of carbonyl (C=O) groups excluding carboxylic acids is 1. The maximum atomic E-state index is 12.3. The maximum Gasteiger partial charge on any atom is 0.277 e. The Labute approximate surface area is 127 Å². The molecule has 1 amide bonds. The Hall–Kier alpha value is -0.700. The number of nitrogens with one attached hydrogen (secondary N) is 3. The van der Waals surface area contributed by atoms with Crippen LogP contribution >= 0.6 is 0 Å². The number of likely N-dealkylation sites (N-methyl/N-ethyl adjacent to an activating group) is 1. The SMILES string of the molecule is CNC(=O)[C@@H](NS(=O)(=O)N[C@@H]1CCCC[C@H]1N)C(C)(C)C. The van der Waals surface area contributed by atoms with Crippen LogP contribution in [-0.2, 0) is 15.0 Å². The van der Waals surface area contributed by atoms with Crippen LogP contribution in [0.4, 0.5) is 0 Å². The molecule has 1 aliphatic rings. The third kappa shape index (κ3) is 5.54. The van der Waals surface area contributed by atoms with E-state index in [0.717, 1.165) is 25.7 Å². The first kappa shape index (κ1) is 18.3. The normalized spacial score (nSPS) is 25.4. The average molecular weight is 320 g/mol. The van der Waals surface area contributed by atoms with Gasteiger partial charge in [-0.25, -0.2) is 0 Å². The first-order valence-corrected chi connectivity index (χ1v) is 8.82. The second-order valence-electron chi connectivity index (χ2n) is 6.71. The zero-order chi connectivity index (χ0) is 16.3. The zero-order valence-corrected chi connectivity index (χ0v) is 14.1. The molecule has 0 aromatic heterocycles. The van der Waals surface area contributed by atoms with Crippen molar-refractivity contribution in [1.29, 1.82) is 0 Å². The lowest BCUT2D eigenvalue weighted by Gasteiger charge is -2.32. The summed E-state index contributed by atoms with van der Waals surface area (Å²) in [6.45, 7) is 5.42. The third-order valence-electron chi connectivity index (χ3n) is 3.77. The van der Waals surface area contributed by atoms with Crippen molar-refractivity contribution in [3.05, 3.63) is 0 Å². The molecular formula is C13H28N4O3S. The minimum Gasteiger partial charge on any atom is -0.358 e. The van der Waals surface area contributed by atoms with E-state index in [1.807, 2.05) is 20.8 Å². The quantitative estimate of drug-likeness (QED) is 0.564. The first-order chi connectivity index (χ1) is 9.57. The van der Waals surface area contributed by atoms with Gasteiger partial charge in [0, 0.05) is 19.1 Å². The van der Waals surface area contributed by atoms with E-state index < -0.39 is 21.7 Å². The molecule has 0 spiro atoms. The fourth-order valence-corrected chi connectivity index (χ4v) is 3.99. The molecule has 3 atom stereocenters. The van der Waals surface area contributed by atoms with E-state index in [4.69, 9.17) is 5.73 Å². The number of rotatable bonds is 5. The standard InChI is InChI=1S/C13H28N4O3S/c1-13(2,3)11(12(18)15-4)17-21(19,20)16-10-8-6-5-7-9(10)14/h9-11,16-17H,5-8,14H2,1-4H3,(H,15,18)/t9-,10-,11-/m1/s1. The van der Waals surface area contributed by atoms with E-state index in [2.05, 4.69) is 14.8 Å². The molecule has 1 fully saturated rings. The van der Waals surface area contributed by atoms with E-state index in [-0.39, 0.29) is 18.0 Å². The Morgan fingerprint density at radius 2 is 1.81 bits per heavy atom. The number of nitrogens with two attached hydrogens (primary N) is 1. The van der Waals surface area contributed by atoms with Gasteiger partial charge in [-0.1, -0.05) is 33.6 Å². The van der Waals surface area contributed by atoms with E-state index in [9.17, 15) is 13.2 Å². The van der Waals surface area contributed by atoms with Crippen LogP contribution in [0.15, 0.2) is 0 Å². The van der Waals surface area contributed by atoms with Gasteiger partial charge in [-0.3, -0.25) is 4.79 Å². The van der Waals surface area contributed by atoms with Crippen molar-refractivity contribution in [3.8, 4) is 0 Å². The number of hydrogen-bond donors (Lipinski definition) is 4.